The summed E-state index contributed by atoms with van der Waals surface area (Å²) >= 11 is 19.5. The van der Waals surface area contributed by atoms with Crippen molar-refractivity contribution in [1.29, 1.82) is 0 Å². The van der Waals surface area contributed by atoms with E-state index in [0.717, 1.165) is 4.90 Å². The SMILES string of the molecule is CC(Sc1cccc(NC(=O)/C(=C\c2ccc(Cl)cc2)NC(=O)c2ccccc2)c1)C(=O)Nc1cc(Cl)ccc1Cl. The summed E-state index contributed by atoms with van der Waals surface area (Å²) in [5, 5.41) is 9.23. The van der Waals surface area contributed by atoms with Gasteiger partial charge in [-0.3, -0.25) is 14.4 Å². The number of hydrogen-bond acceptors (Lipinski definition) is 4. The molecule has 3 N–H and O–H groups in total. The van der Waals surface area contributed by atoms with E-state index in [2.05, 4.69) is 16.0 Å². The quantitative estimate of drug-likeness (QED) is 0.129. The molecule has 4 aromatic carbocycles. The van der Waals surface area contributed by atoms with Crippen LogP contribution in [-0.4, -0.2) is 23.0 Å². The number of thioether (sulfide) groups is 1. The van der Waals surface area contributed by atoms with Crippen molar-refractivity contribution in [2.24, 2.45) is 0 Å². The van der Waals surface area contributed by atoms with E-state index in [9.17, 15) is 14.4 Å². The zero-order valence-corrected chi connectivity index (χ0v) is 24.7. The van der Waals surface area contributed by atoms with Crippen LogP contribution in [0.3, 0.4) is 0 Å². The van der Waals surface area contributed by atoms with Crippen LogP contribution in [0.4, 0.5) is 11.4 Å². The number of carbonyl (C=O) groups excluding carboxylic acids is 3. The second-order valence-electron chi connectivity index (χ2n) is 8.79. The van der Waals surface area contributed by atoms with E-state index >= 15 is 0 Å². The van der Waals surface area contributed by atoms with E-state index in [0.29, 0.717) is 37.6 Å². The molecule has 0 fully saturated rings. The number of benzene rings is 4. The Morgan fingerprint density at radius 3 is 2.22 bits per heavy atom. The Bertz CT molecular complexity index is 1600. The van der Waals surface area contributed by atoms with Crippen LogP contribution in [0.5, 0.6) is 0 Å². The van der Waals surface area contributed by atoms with Crippen LogP contribution < -0.4 is 16.0 Å². The number of anilines is 2. The predicted octanol–water partition coefficient (Wildman–Crippen LogP) is 8.18. The molecule has 0 bridgehead atoms. The van der Waals surface area contributed by atoms with Crippen molar-refractivity contribution in [3.63, 3.8) is 0 Å². The van der Waals surface area contributed by atoms with Crippen molar-refractivity contribution in [2.45, 2.75) is 17.1 Å². The van der Waals surface area contributed by atoms with Crippen LogP contribution in [0, 0.1) is 0 Å². The van der Waals surface area contributed by atoms with Crippen molar-refractivity contribution in [1.82, 2.24) is 5.32 Å². The molecule has 4 rings (SSSR count). The summed E-state index contributed by atoms with van der Waals surface area (Å²) in [6, 6.07) is 27.4. The standard InChI is InChI=1S/C31H24Cl3N3O3S/c1-19(29(38)36-27-17-23(33)14-15-26(27)34)41-25-9-5-8-24(18-25)35-31(40)28(16-20-10-12-22(32)13-11-20)37-30(39)21-6-3-2-4-7-21/h2-19H,1H3,(H,35,40)(H,36,38)(H,37,39)/b28-16+. The van der Waals surface area contributed by atoms with Gasteiger partial charge in [-0.15, -0.1) is 11.8 Å². The van der Waals surface area contributed by atoms with Crippen LogP contribution in [0.2, 0.25) is 15.1 Å². The van der Waals surface area contributed by atoms with E-state index in [4.69, 9.17) is 34.8 Å². The van der Waals surface area contributed by atoms with Crippen LogP contribution in [-0.2, 0) is 9.59 Å². The van der Waals surface area contributed by atoms with E-state index in [1.54, 1.807) is 104 Å². The highest BCUT2D eigenvalue weighted by Crippen LogP contribution is 2.29. The molecule has 6 nitrogen and oxygen atoms in total. The molecular weight excluding hydrogens is 601 g/mol. The van der Waals surface area contributed by atoms with Gasteiger partial charge in [-0.1, -0.05) is 71.2 Å². The molecule has 0 spiro atoms. The summed E-state index contributed by atoms with van der Waals surface area (Å²) in [6.45, 7) is 1.76. The van der Waals surface area contributed by atoms with Crippen LogP contribution >= 0.6 is 46.6 Å². The number of amides is 3. The summed E-state index contributed by atoms with van der Waals surface area (Å²) < 4.78 is 0. The lowest BCUT2D eigenvalue weighted by atomic mass is 10.1. The lowest BCUT2D eigenvalue weighted by molar-refractivity contribution is -0.115. The van der Waals surface area contributed by atoms with Crippen molar-refractivity contribution in [3.8, 4) is 0 Å². The van der Waals surface area contributed by atoms with E-state index < -0.39 is 17.1 Å². The second-order valence-corrected chi connectivity index (χ2v) is 11.5. The van der Waals surface area contributed by atoms with E-state index in [1.165, 1.54) is 11.8 Å². The zero-order chi connectivity index (χ0) is 29.4. The fourth-order valence-corrected chi connectivity index (χ4v) is 4.99. The highest BCUT2D eigenvalue weighted by molar-refractivity contribution is 8.00. The number of halogens is 3. The maximum Gasteiger partial charge on any atom is 0.272 e. The number of rotatable bonds is 9. The van der Waals surface area contributed by atoms with Crippen molar-refractivity contribution in [2.75, 3.05) is 10.6 Å². The molecule has 4 aromatic rings. The Morgan fingerprint density at radius 2 is 1.49 bits per heavy atom. The lowest BCUT2D eigenvalue weighted by Crippen LogP contribution is -2.30. The minimum atomic E-state index is -0.521. The number of hydrogen-bond donors (Lipinski definition) is 3. The third-order valence-corrected chi connectivity index (χ3v) is 7.58. The van der Waals surface area contributed by atoms with Gasteiger partial charge in [0.15, 0.2) is 0 Å². The van der Waals surface area contributed by atoms with Gasteiger partial charge in [0.25, 0.3) is 11.8 Å². The van der Waals surface area contributed by atoms with Gasteiger partial charge in [-0.25, -0.2) is 0 Å². The maximum atomic E-state index is 13.3. The van der Waals surface area contributed by atoms with E-state index in [1.807, 2.05) is 6.07 Å². The van der Waals surface area contributed by atoms with Gasteiger partial charge < -0.3 is 16.0 Å². The molecule has 0 aliphatic rings. The molecule has 1 unspecified atom stereocenters. The number of carbonyl (C=O) groups is 3. The number of nitrogens with one attached hydrogen (secondary N) is 3. The monoisotopic (exact) mass is 623 g/mol. The molecule has 41 heavy (non-hydrogen) atoms. The summed E-state index contributed by atoms with van der Waals surface area (Å²) in [7, 11) is 0. The average molecular weight is 625 g/mol. The van der Waals surface area contributed by atoms with Gasteiger partial charge in [-0.2, -0.15) is 0 Å². The molecule has 0 heterocycles. The Balaban J connectivity index is 1.48. The zero-order valence-electron chi connectivity index (χ0n) is 21.7. The first-order valence-corrected chi connectivity index (χ1v) is 14.4. The first kappa shape index (κ1) is 30.2. The summed E-state index contributed by atoms with van der Waals surface area (Å²) in [4.78, 5) is 39.7. The maximum absolute atomic E-state index is 13.3. The van der Waals surface area contributed by atoms with Gasteiger partial charge >= 0.3 is 0 Å². The Labute approximate surface area is 257 Å². The Morgan fingerprint density at radius 1 is 0.780 bits per heavy atom. The van der Waals surface area contributed by atoms with Crippen LogP contribution in [0.15, 0.2) is 108 Å². The summed E-state index contributed by atoms with van der Waals surface area (Å²) in [5.41, 5.74) is 2.05. The fraction of sp³-hybridized carbons (Fsp3) is 0.0645. The van der Waals surface area contributed by atoms with Crippen molar-refractivity contribution < 1.29 is 14.4 Å². The molecule has 0 aliphatic heterocycles. The molecule has 0 aromatic heterocycles. The van der Waals surface area contributed by atoms with Crippen molar-refractivity contribution >= 4 is 81.7 Å². The van der Waals surface area contributed by atoms with Gasteiger partial charge in [0.2, 0.25) is 5.91 Å². The highest BCUT2D eigenvalue weighted by Gasteiger charge is 2.18. The topological polar surface area (TPSA) is 87.3 Å². The highest BCUT2D eigenvalue weighted by atomic mass is 35.5. The summed E-state index contributed by atoms with van der Waals surface area (Å²) in [6.07, 6.45) is 1.57. The second kappa shape index (κ2) is 14.2. The molecule has 0 radical (unpaired) electrons. The van der Waals surface area contributed by atoms with Gasteiger partial charge in [0.1, 0.15) is 5.70 Å². The third-order valence-electron chi connectivity index (χ3n) is 5.67. The van der Waals surface area contributed by atoms with Crippen molar-refractivity contribution in [3.05, 3.63) is 129 Å². The molecule has 3 amide bonds. The fourth-order valence-electron chi connectivity index (χ4n) is 3.60. The normalized spacial score (nSPS) is 11.9. The first-order chi connectivity index (χ1) is 19.7. The molecule has 1 atom stereocenters. The molecule has 0 aliphatic carbocycles. The largest absolute Gasteiger partial charge is 0.324 e. The predicted molar refractivity (Wildman–Crippen MR) is 169 cm³/mol. The Hall–Kier alpha value is -3.75. The first-order valence-electron chi connectivity index (χ1n) is 12.4. The molecule has 0 saturated carbocycles. The molecule has 0 saturated heterocycles. The van der Waals surface area contributed by atoms with Gasteiger partial charge in [0, 0.05) is 26.2 Å². The lowest BCUT2D eigenvalue weighted by Gasteiger charge is -2.15. The minimum Gasteiger partial charge on any atom is -0.324 e. The molecular formula is C31H24Cl3N3O3S. The third kappa shape index (κ3) is 8.87. The van der Waals surface area contributed by atoms with E-state index in [-0.39, 0.29) is 11.6 Å². The molecule has 208 valence electrons. The minimum absolute atomic E-state index is 0.0466. The van der Waals surface area contributed by atoms with Crippen LogP contribution in [0.25, 0.3) is 6.08 Å². The van der Waals surface area contributed by atoms with Gasteiger partial charge in [-0.05, 0) is 79.2 Å². The van der Waals surface area contributed by atoms with Crippen LogP contribution in [0.1, 0.15) is 22.8 Å². The summed E-state index contributed by atoms with van der Waals surface area (Å²) in [5.74, 6) is -1.21. The Kier molecular flexibility index (Phi) is 10.5. The smallest absolute Gasteiger partial charge is 0.272 e. The molecule has 10 heteroatoms. The van der Waals surface area contributed by atoms with Gasteiger partial charge in [0.05, 0.1) is 16.0 Å². The average Bonchev–Trinajstić information content (AvgIpc) is 2.96.